The Morgan fingerprint density at radius 3 is 2.75 bits per heavy atom. The third-order valence-corrected chi connectivity index (χ3v) is 2.22. The minimum atomic E-state index is -0.425. The predicted octanol–water partition coefficient (Wildman–Crippen LogP) is 2.13. The predicted molar refractivity (Wildman–Crippen MR) is 63.5 cm³/mol. The first kappa shape index (κ1) is 12.6. The van der Waals surface area contributed by atoms with Crippen LogP contribution >= 0.6 is 11.6 Å². The number of esters is 1. The molecule has 5 heteroatoms. The second-order valence-corrected chi connectivity index (χ2v) is 3.40. The van der Waals surface area contributed by atoms with E-state index in [4.69, 9.17) is 16.3 Å². The largest absolute Gasteiger partial charge is 0.496 e. The molecule has 0 heterocycles. The molecule has 1 N–H and O–H groups in total. The Bertz CT molecular complexity index is 368. The van der Waals surface area contributed by atoms with Gasteiger partial charge in [0.2, 0.25) is 0 Å². The molecular formula is C11H14ClNO3. The van der Waals surface area contributed by atoms with E-state index in [0.717, 1.165) is 5.69 Å². The van der Waals surface area contributed by atoms with Crippen LogP contribution in [0.5, 0.6) is 5.75 Å². The molecule has 4 nitrogen and oxygen atoms in total. The number of ether oxygens (including phenoxy) is 2. The fraction of sp³-hybridized carbons (Fsp3) is 0.364. The highest BCUT2D eigenvalue weighted by Crippen LogP contribution is 2.23. The topological polar surface area (TPSA) is 47.6 Å². The maximum absolute atomic E-state index is 11.5. The first-order valence-electron chi connectivity index (χ1n) is 4.79. The number of anilines is 1. The van der Waals surface area contributed by atoms with Gasteiger partial charge in [0.05, 0.1) is 14.2 Å². The number of rotatable bonds is 5. The van der Waals surface area contributed by atoms with Crippen LogP contribution in [0.3, 0.4) is 0 Å². The molecule has 1 aromatic rings. The van der Waals surface area contributed by atoms with Crippen LogP contribution in [-0.2, 0) is 4.74 Å². The van der Waals surface area contributed by atoms with Crippen molar-refractivity contribution in [2.45, 2.75) is 0 Å². The van der Waals surface area contributed by atoms with Crippen LogP contribution in [0.25, 0.3) is 0 Å². The van der Waals surface area contributed by atoms with E-state index in [2.05, 4.69) is 10.1 Å². The number of nitrogens with one attached hydrogen (secondary N) is 1. The van der Waals surface area contributed by atoms with E-state index in [1.165, 1.54) is 14.2 Å². The second-order valence-electron chi connectivity index (χ2n) is 3.02. The van der Waals surface area contributed by atoms with E-state index in [0.29, 0.717) is 23.7 Å². The minimum absolute atomic E-state index is 0.393. The summed E-state index contributed by atoms with van der Waals surface area (Å²) in [6.45, 7) is 0.633. The minimum Gasteiger partial charge on any atom is -0.496 e. The number of hydrogen-bond donors (Lipinski definition) is 1. The van der Waals surface area contributed by atoms with Crippen LogP contribution in [0, 0.1) is 0 Å². The summed E-state index contributed by atoms with van der Waals surface area (Å²) in [6.07, 6.45) is 0. The molecule has 0 radical (unpaired) electrons. The fourth-order valence-corrected chi connectivity index (χ4v) is 1.37. The lowest BCUT2D eigenvalue weighted by Gasteiger charge is -2.10. The Morgan fingerprint density at radius 2 is 2.19 bits per heavy atom. The quantitative estimate of drug-likeness (QED) is 0.636. The molecule has 0 amide bonds. The van der Waals surface area contributed by atoms with Crippen molar-refractivity contribution in [2.75, 3.05) is 32.0 Å². The standard InChI is InChI=1S/C11H14ClNO3/c1-15-10-4-3-8(13-6-5-12)7-9(10)11(14)16-2/h3-4,7,13H,5-6H2,1-2H3. The van der Waals surface area contributed by atoms with Gasteiger partial charge in [-0.25, -0.2) is 4.79 Å². The van der Waals surface area contributed by atoms with Gasteiger partial charge in [-0.05, 0) is 18.2 Å². The summed E-state index contributed by atoms with van der Waals surface area (Å²) in [5.74, 6) is 0.564. The number of methoxy groups -OCH3 is 2. The van der Waals surface area contributed by atoms with Crippen molar-refractivity contribution in [3.8, 4) is 5.75 Å². The third kappa shape index (κ3) is 3.03. The van der Waals surface area contributed by atoms with Crippen molar-refractivity contribution in [2.24, 2.45) is 0 Å². The molecule has 0 saturated heterocycles. The first-order chi connectivity index (χ1) is 7.72. The maximum atomic E-state index is 11.5. The number of alkyl halides is 1. The summed E-state index contributed by atoms with van der Waals surface area (Å²) < 4.78 is 9.74. The maximum Gasteiger partial charge on any atom is 0.341 e. The van der Waals surface area contributed by atoms with Crippen LogP contribution in [0.2, 0.25) is 0 Å². The molecular weight excluding hydrogens is 230 g/mol. The molecule has 1 aromatic carbocycles. The van der Waals surface area contributed by atoms with Gasteiger partial charge in [0.25, 0.3) is 0 Å². The molecule has 0 spiro atoms. The van der Waals surface area contributed by atoms with Crippen molar-refractivity contribution >= 4 is 23.3 Å². The molecule has 0 atom stereocenters. The summed E-state index contributed by atoms with van der Waals surface area (Å²) >= 11 is 5.56. The highest BCUT2D eigenvalue weighted by Gasteiger charge is 2.13. The third-order valence-electron chi connectivity index (χ3n) is 2.03. The summed E-state index contributed by atoms with van der Waals surface area (Å²) in [6, 6.07) is 5.21. The molecule has 0 fully saturated rings. The highest BCUT2D eigenvalue weighted by molar-refractivity contribution is 6.18. The Labute approximate surface area is 99.5 Å². The average molecular weight is 244 g/mol. The van der Waals surface area contributed by atoms with E-state index in [1.807, 2.05) is 6.07 Å². The lowest BCUT2D eigenvalue weighted by atomic mass is 10.1. The normalized spacial score (nSPS) is 9.69. The Balaban J connectivity index is 2.96. The average Bonchev–Trinajstić information content (AvgIpc) is 2.35. The lowest BCUT2D eigenvalue weighted by molar-refractivity contribution is 0.0597. The van der Waals surface area contributed by atoms with Gasteiger partial charge >= 0.3 is 5.97 Å². The number of benzene rings is 1. The molecule has 0 aliphatic rings. The molecule has 0 aliphatic carbocycles. The van der Waals surface area contributed by atoms with Gasteiger partial charge in [0, 0.05) is 18.1 Å². The molecule has 0 aliphatic heterocycles. The van der Waals surface area contributed by atoms with Gasteiger partial charge in [0.1, 0.15) is 11.3 Å². The zero-order valence-electron chi connectivity index (χ0n) is 9.25. The molecule has 0 aromatic heterocycles. The van der Waals surface area contributed by atoms with Crippen molar-refractivity contribution < 1.29 is 14.3 Å². The van der Waals surface area contributed by atoms with Crippen molar-refractivity contribution in [1.29, 1.82) is 0 Å². The Kier molecular flexibility index (Phi) is 4.92. The van der Waals surface area contributed by atoms with E-state index >= 15 is 0 Å². The van der Waals surface area contributed by atoms with Crippen LogP contribution in [0.4, 0.5) is 5.69 Å². The van der Waals surface area contributed by atoms with Gasteiger partial charge in [-0.15, -0.1) is 11.6 Å². The molecule has 1 rings (SSSR count). The Morgan fingerprint density at radius 1 is 1.44 bits per heavy atom. The lowest BCUT2D eigenvalue weighted by Crippen LogP contribution is -2.07. The summed E-state index contributed by atoms with van der Waals surface area (Å²) in [4.78, 5) is 11.5. The molecule has 0 unspecified atom stereocenters. The zero-order valence-corrected chi connectivity index (χ0v) is 10.0. The van der Waals surface area contributed by atoms with Crippen LogP contribution in [0.1, 0.15) is 10.4 Å². The first-order valence-corrected chi connectivity index (χ1v) is 5.32. The van der Waals surface area contributed by atoms with Crippen LogP contribution in [-0.4, -0.2) is 32.6 Å². The smallest absolute Gasteiger partial charge is 0.341 e. The molecule has 16 heavy (non-hydrogen) atoms. The van der Waals surface area contributed by atoms with E-state index in [1.54, 1.807) is 12.1 Å². The van der Waals surface area contributed by atoms with Gasteiger partial charge in [-0.1, -0.05) is 0 Å². The fourth-order valence-electron chi connectivity index (χ4n) is 1.28. The van der Waals surface area contributed by atoms with Crippen LogP contribution < -0.4 is 10.1 Å². The second kappa shape index (κ2) is 6.23. The monoisotopic (exact) mass is 243 g/mol. The van der Waals surface area contributed by atoms with Gasteiger partial charge < -0.3 is 14.8 Å². The van der Waals surface area contributed by atoms with E-state index in [-0.39, 0.29) is 0 Å². The van der Waals surface area contributed by atoms with Gasteiger partial charge in [-0.3, -0.25) is 0 Å². The highest BCUT2D eigenvalue weighted by atomic mass is 35.5. The molecule has 88 valence electrons. The zero-order chi connectivity index (χ0) is 12.0. The summed E-state index contributed by atoms with van der Waals surface area (Å²) in [5.41, 5.74) is 1.20. The van der Waals surface area contributed by atoms with Crippen LogP contribution in [0.15, 0.2) is 18.2 Å². The van der Waals surface area contributed by atoms with Gasteiger partial charge in [-0.2, -0.15) is 0 Å². The van der Waals surface area contributed by atoms with Crippen molar-refractivity contribution in [3.63, 3.8) is 0 Å². The Hall–Kier alpha value is -1.42. The van der Waals surface area contributed by atoms with Crippen molar-refractivity contribution in [1.82, 2.24) is 0 Å². The SMILES string of the molecule is COC(=O)c1cc(NCCCl)ccc1OC. The number of carbonyl (C=O) groups is 1. The summed E-state index contributed by atoms with van der Waals surface area (Å²) in [5, 5.41) is 3.07. The number of halogens is 1. The molecule has 0 bridgehead atoms. The molecule has 0 saturated carbocycles. The van der Waals surface area contributed by atoms with Crippen molar-refractivity contribution in [3.05, 3.63) is 23.8 Å². The van der Waals surface area contributed by atoms with Gasteiger partial charge in [0.15, 0.2) is 0 Å². The van der Waals surface area contributed by atoms with E-state index in [9.17, 15) is 4.79 Å². The van der Waals surface area contributed by atoms with E-state index < -0.39 is 5.97 Å². The number of hydrogen-bond acceptors (Lipinski definition) is 4. The number of carbonyl (C=O) groups excluding carboxylic acids is 1. The summed E-state index contributed by atoms with van der Waals surface area (Å²) in [7, 11) is 2.84.